The van der Waals surface area contributed by atoms with Crippen molar-refractivity contribution in [3.63, 3.8) is 0 Å². The minimum absolute atomic E-state index is 0.198. The number of amides is 1. The first-order chi connectivity index (χ1) is 13.6. The molecule has 28 heavy (non-hydrogen) atoms. The van der Waals surface area contributed by atoms with Crippen LogP contribution in [0.4, 0.5) is 0 Å². The van der Waals surface area contributed by atoms with Crippen molar-refractivity contribution >= 4 is 29.5 Å². The molecule has 1 amide bonds. The molecule has 0 bridgehead atoms. The summed E-state index contributed by atoms with van der Waals surface area (Å²) in [7, 11) is 1.81. The van der Waals surface area contributed by atoms with Gasteiger partial charge in [0.15, 0.2) is 10.6 Å². The van der Waals surface area contributed by atoms with Crippen molar-refractivity contribution in [2.75, 3.05) is 0 Å². The molecule has 142 valence electrons. The fourth-order valence-corrected chi connectivity index (χ4v) is 3.70. The molecule has 0 atom stereocenters. The molecule has 3 heterocycles. The number of benzene rings is 1. The second kappa shape index (κ2) is 7.91. The van der Waals surface area contributed by atoms with Crippen LogP contribution < -0.4 is 5.32 Å². The van der Waals surface area contributed by atoms with Gasteiger partial charge in [0.25, 0.3) is 5.91 Å². The predicted octanol–water partition coefficient (Wildman–Crippen LogP) is 3.38. The van der Waals surface area contributed by atoms with E-state index in [2.05, 4.69) is 20.6 Å². The number of hydrogen-bond donors (Lipinski definition) is 2. The van der Waals surface area contributed by atoms with Crippen molar-refractivity contribution in [3.8, 4) is 10.6 Å². The molecule has 4 aromatic rings. The Bertz CT molecular complexity index is 1140. The molecule has 3 aromatic heterocycles. The van der Waals surface area contributed by atoms with Gasteiger partial charge in [-0.1, -0.05) is 36.4 Å². The summed E-state index contributed by atoms with van der Waals surface area (Å²) in [5.74, 6) is 0.462. The molecule has 7 nitrogen and oxygen atoms in total. The van der Waals surface area contributed by atoms with E-state index in [1.54, 1.807) is 26.8 Å². The van der Waals surface area contributed by atoms with E-state index >= 15 is 0 Å². The SMILES string of the molecule is Cn1c(CNC(=O)c2cn(Cc3ccccc3)nc2-c2cccs2)n[nH]c1=S. The van der Waals surface area contributed by atoms with E-state index in [1.807, 2.05) is 54.9 Å². The van der Waals surface area contributed by atoms with Crippen molar-refractivity contribution < 1.29 is 4.79 Å². The third kappa shape index (κ3) is 3.80. The molecule has 0 spiro atoms. The van der Waals surface area contributed by atoms with Gasteiger partial charge in [0, 0.05) is 13.2 Å². The fraction of sp³-hybridized carbons (Fsp3) is 0.158. The standard InChI is InChI=1S/C19H18N6OS2/c1-24-16(21-22-19(24)27)10-20-18(26)14-12-25(11-13-6-3-2-4-7-13)23-17(14)15-8-5-9-28-15/h2-9,12H,10-11H2,1H3,(H,20,26)(H,22,27). The van der Waals surface area contributed by atoms with Crippen LogP contribution >= 0.6 is 23.6 Å². The highest BCUT2D eigenvalue weighted by atomic mass is 32.1. The Labute approximate surface area is 170 Å². The molecule has 1 aromatic carbocycles. The minimum Gasteiger partial charge on any atom is -0.345 e. The maximum absolute atomic E-state index is 12.9. The third-order valence-electron chi connectivity index (χ3n) is 4.33. The van der Waals surface area contributed by atoms with E-state index in [0.29, 0.717) is 28.4 Å². The number of aromatic amines is 1. The Morgan fingerprint density at radius 2 is 2.07 bits per heavy atom. The number of carbonyl (C=O) groups excluding carboxylic acids is 1. The molecular weight excluding hydrogens is 392 g/mol. The minimum atomic E-state index is -0.198. The summed E-state index contributed by atoms with van der Waals surface area (Å²) in [5, 5.41) is 16.4. The van der Waals surface area contributed by atoms with E-state index in [0.717, 1.165) is 10.4 Å². The van der Waals surface area contributed by atoms with E-state index in [4.69, 9.17) is 12.2 Å². The molecule has 9 heteroatoms. The molecule has 4 rings (SSSR count). The van der Waals surface area contributed by atoms with Gasteiger partial charge < -0.3 is 9.88 Å². The number of thiophene rings is 1. The lowest BCUT2D eigenvalue weighted by atomic mass is 10.2. The van der Waals surface area contributed by atoms with Crippen molar-refractivity contribution in [2.45, 2.75) is 13.1 Å². The maximum Gasteiger partial charge on any atom is 0.255 e. The van der Waals surface area contributed by atoms with Gasteiger partial charge >= 0.3 is 0 Å². The van der Waals surface area contributed by atoms with Crippen molar-refractivity contribution in [2.24, 2.45) is 7.05 Å². The van der Waals surface area contributed by atoms with Crippen LogP contribution in [0.5, 0.6) is 0 Å². The van der Waals surface area contributed by atoms with E-state index in [9.17, 15) is 4.79 Å². The summed E-state index contributed by atoms with van der Waals surface area (Å²) in [5.41, 5.74) is 2.34. The summed E-state index contributed by atoms with van der Waals surface area (Å²) >= 11 is 6.66. The average Bonchev–Trinajstić information content (AvgIpc) is 3.43. The van der Waals surface area contributed by atoms with Gasteiger partial charge in [0.05, 0.1) is 23.5 Å². The first-order valence-corrected chi connectivity index (χ1v) is 9.94. The number of rotatable bonds is 6. The summed E-state index contributed by atoms with van der Waals surface area (Å²) in [6, 6.07) is 14.0. The average molecular weight is 411 g/mol. The number of aromatic nitrogens is 5. The van der Waals surface area contributed by atoms with Gasteiger partial charge in [-0.2, -0.15) is 10.2 Å². The van der Waals surface area contributed by atoms with E-state index in [1.165, 1.54) is 0 Å². The Morgan fingerprint density at radius 3 is 2.75 bits per heavy atom. The topological polar surface area (TPSA) is 80.5 Å². The second-order valence-electron chi connectivity index (χ2n) is 6.24. The second-order valence-corrected chi connectivity index (χ2v) is 7.57. The highest BCUT2D eigenvalue weighted by Gasteiger charge is 2.19. The Kier molecular flexibility index (Phi) is 5.18. The van der Waals surface area contributed by atoms with E-state index in [-0.39, 0.29) is 12.5 Å². The Balaban J connectivity index is 1.60. The number of nitrogens with zero attached hydrogens (tertiary/aromatic N) is 4. The first-order valence-electron chi connectivity index (χ1n) is 8.65. The lowest BCUT2D eigenvalue weighted by molar-refractivity contribution is 0.0950. The van der Waals surface area contributed by atoms with E-state index < -0.39 is 0 Å². The highest BCUT2D eigenvalue weighted by molar-refractivity contribution is 7.71. The summed E-state index contributed by atoms with van der Waals surface area (Å²) in [6.45, 7) is 0.871. The van der Waals surface area contributed by atoms with Gasteiger partial charge in [-0.25, -0.2) is 0 Å². The van der Waals surface area contributed by atoms with Crippen LogP contribution in [0.25, 0.3) is 10.6 Å². The van der Waals surface area contributed by atoms with Crippen LogP contribution in [0, 0.1) is 4.77 Å². The molecule has 0 aliphatic carbocycles. The number of hydrogen-bond acceptors (Lipinski definition) is 5. The van der Waals surface area contributed by atoms with Crippen molar-refractivity contribution in [1.29, 1.82) is 0 Å². The molecule has 0 aliphatic rings. The van der Waals surface area contributed by atoms with Gasteiger partial charge in [0.1, 0.15) is 5.69 Å². The Hall–Kier alpha value is -3.04. The zero-order chi connectivity index (χ0) is 19.5. The molecule has 0 unspecified atom stereocenters. The van der Waals surface area contributed by atoms with Crippen molar-refractivity contribution in [3.05, 3.63) is 75.8 Å². The number of H-pyrrole nitrogens is 1. The van der Waals surface area contributed by atoms with Crippen LogP contribution in [-0.4, -0.2) is 30.5 Å². The van der Waals surface area contributed by atoms with Gasteiger partial charge in [0.2, 0.25) is 0 Å². The molecule has 2 N–H and O–H groups in total. The Morgan fingerprint density at radius 1 is 1.25 bits per heavy atom. The number of nitrogens with one attached hydrogen (secondary N) is 2. The maximum atomic E-state index is 12.9. The zero-order valence-corrected chi connectivity index (χ0v) is 16.8. The summed E-state index contributed by atoms with van der Waals surface area (Å²) in [4.78, 5) is 13.8. The van der Waals surface area contributed by atoms with Crippen molar-refractivity contribution in [1.82, 2.24) is 29.9 Å². The summed E-state index contributed by atoms with van der Waals surface area (Å²) < 4.78 is 4.04. The molecular formula is C19H18N6OS2. The fourth-order valence-electron chi connectivity index (χ4n) is 2.83. The normalized spacial score (nSPS) is 10.9. The van der Waals surface area contributed by atoms with Crippen LogP contribution in [0.3, 0.4) is 0 Å². The molecule has 0 saturated carbocycles. The summed E-state index contributed by atoms with van der Waals surface area (Å²) in [6.07, 6.45) is 1.79. The first kappa shape index (κ1) is 18.3. The van der Waals surface area contributed by atoms with Crippen LogP contribution in [0.15, 0.2) is 54.0 Å². The largest absolute Gasteiger partial charge is 0.345 e. The lowest BCUT2D eigenvalue weighted by Crippen LogP contribution is -2.24. The predicted molar refractivity (Wildman–Crippen MR) is 111 cm³/mol. The highest BCUT2D eigenvalue weighted by Crippen LogP contribution is 2.27. The molecule has 0 aliphatic heterocycles. The quantitative estimate of drug-likeness (QED) is 0.478. The van der Waals surface area contributed by atoms with Gasteiger partial charge in [-0.05, 0) is 29.2 Å². The van der Waals surface area contributed by atoms with Gasteiger partial charge in [-0.3, -0.25) is 14.6 Å². The van der Waals surface area contributed by atoms with Crippen LogP contribution in [0.1, 0.15) is 21.7 Å². The molecule has 0 saturated heterocycles. The monoisotopic (exact) mass is 410 g/mol. The third-order valence-corrected chi connectivity index (χ3v) is 5.57. The molecule has 0 fully saturated rings. The molecule has 0 radical (unpaired) electrons. The smallest absolute Gasteiger partial charge is 0.255 e. The van der Waals surface area contributed by atoms with Crippen LogP contribution in [0.2, 0.25) is 0 Å². The van der Waals surface area contributed by atoms with Gasteiger partial charge in [-0.15, -0.1) is 11.3 Å². The van der Waals surface area contributed by atoms with Crippen LogP contribution in [-0.2, 0) is 20.1 Å². The lowest BCUT2D eigenvalue weighted by Gasteiger charge is -2.04. The number of carbonyl (C=O) groups is 1. The zero-order valence-electron chi connectivity index (χ0n) is 15.1.